The SMILES string of the molecule is COc1ccc(OCCCOc2c(Cl)cc(C=C(C#N)C(=O)Nc3cc(C)on3)cc2OC)cc1. The molecule has 3 rings (SSSR count). The van der Waals surface area contributed by atoms with E-state index in [-0.39, 0.29) is 16.4 Å². The number of nitrogens with one attached hydrogen (secondary N) is 1. The van der Waals surface area contributed by atoms with E-state index in [4.69, 9.17) is 35.1 Å². The average molecular weight is 498 g/mol. The van der Waals surface area contributed by atoms with Gasteiger partial charge in [0.1, 0.15) is 28.9 Å². The second-order valence-electron chi connectivity index (χ2n) is 7.21. The first-order valence-electron chi connectivity index (χ1n) is 10.6. The number of amides is 1. The van der Waals surface area contributed by atoms with Crippen molar-refractivity contribution in [2.45, 2.75) is 13.3 Å². The topological polar surface area (TPSA) is 116 Å². The Morgan fingerprint density at radius 1 is 1.11 bits per heavy atom. The van der Waals surface area contributed by atoms with Gasteiger partial charge in [0.25, 0.3) is 5.91 Å². The maximum absolute atomic E-state index is 12.4. The van der Waals surface area contributed by atoms with Crippen molar-refractivity contribution in [3.63, 3.8) is 0 Å². The molecule has 0 unspecified atom stereocenters. The molecule has 3 aromatic rings. The quantitative estimate of drug-likeness (QED) is 0.222. The summed E-state index contributed by atoms with van der Waals surface area (Å²) < 4.78 is 26.9. The summed E-state index contributed by atoms with van der Waals surface area (Å²) in [5.41, 5.74) is 0.346. The van der Waals surface area contributed by atoms with Crippen molar-refractivity contribution < 1.29 is 28.3 Å². The highest BCUT2D eigenvalue weighted by molar-refractivity contribution is 6.32. The Morgan fingerprint density at radius 2 is 1.83 bits per heavy atom. The highest BCUT2D eigenvalue weighted by Crippen LogP contribution is 2.37. The van der Waals surface area contributed by atoms with Gasteiger partial charge in [0.15, 0.2) is 17.3 Å². The van der Waals surface area contributed by atoms with Gasteiger partial charge in [-0.3, -0.25) is 4.79 Å². The fourth-order valence-electron chi connectivity index (χ4n) is 2.98. The molecule has 0 fully saturated rings. The van der Waals surface area contributed by atoms with Gasteiger partial charge in [0.2, 0.25) is 0 Å². The molecule has 0 aliphatic rings. The lowest BCUT2D eigenvalue weighted by molar-refractivity contribution is -0.112. The van der Waals surface area contributed by atoms with Crippen molar-refractivity contribution in [3.8, 4) is 29.1 Å². The van der Waals surface area contributed by atoms with Crippen molar-refractivity contribution in [1.82, 2.24) is 5.16 Å². The van der Waals surface area contributed by atoms with Gasteiger partial charge >= 0.3 is 0 Å². The van der Waals surface area contributed by atoms with Crippen molar-refractivity contribution in [1.29, 1.82) is 5.26 Å². The molecule has 2 aromatic carbocycles. The summed E-state index contributed by atoms with van der Waals surface area (Å²) in [6, 6.07) is 13.9. The number of benzene rings is 2. The smallest absolute Gasteiger partial charge is 0.267 e. The largest absolute Gasteiger partial charge is 0.497 e. The molecule has 0 bridgehead atoms. The van der Waals surface area contributed by atoms with Crippen LogP contribution in [0.25, 0.3) is 6.08 Å². The van der Waals surface area contributed by atoms with E-state index in [1.807, 2.05) is 30.3 Å². The van der Waals surface area contributed by atoms with E-state index in [0.29, 0.717) is 42.5 Å². The number of aromatic nitrogens is 1. The molecule has 9 nitrogen and oxygen atoms in total. The first kappa shape index (κ1) is 25.5. The summed E-state index contributed by atoms with van der Waals surface area (Å²) in [6.45, 7) is 2.47. The Kier molecular flexibility index (Phi) is 8.98. The highest BCUT2D eigenvalue weighted by Gasteiger charge is 2.15. The normalized spacial score (nSPS) is 10.9. The van der Waals surface area contributed by atoms with E-state index in [1.165, 1.54) is 13.2 Å². The molecule has 0 saturated heterocycles. The van der Waals surface area contributed by atoms with Crippen molar-refractivity contribution >= 4 is 29.4 Å². The van der Waals surface area contributed by atoms with Gasteiger partial charge in [0.05, 0.1) is 32.5 Å². The van der Waals surface area contributed by atoms with Gasteiger partial charge in [-0.2, -0.15) is 5.26 Å². The Balaban J connectivity index is 1.61. The first-order valence-corrected chi connectivity index (χ1v) is 10.9. The molecule has 1 N–H and O–H groups in total. The Bertz CT molecular complexity index is 1230. The van der Waals surface area contributed by atoms with Gasteiger partial charge in [-0.25, -0.2) is 0 Å². The molecule has 0 radical (unpaired) electrons. The summed E-state index contributed by atoms with van der Waals surface area (Å²) >= 11 is 6.41. The van der Waals surface area contributed by atoms with Crippen LogP contribution in [-0.2, 0) is 4.79 Å². The number of carbonyl (C=O) groups is 1. The van der Waals surface area contributed by atoms with Crippen LogP contribution in [0.4, 0.5) is 5.82 Å². The minimum absolute atomic E-state index is 0.145. The monoisotopic (exact) mass is 497 g/mol. The number of anilines is 1. The lowest BCUT2D eigenvalue weighted by atomic mass is 10.1. The predicted octanol–water partition coefficient (Wildman–Crippen LogP) is 5.05. The standard InChI is InChI=1S/C25H24ClN3O6/c1-16-11-23(29-35-16)28-25(30)18(15-27)12-17-13-21(26)24(22(14-17)32-3)34-10-4-9-33-20-7-5-19(31-2)6-8-20/h5-8,11-14H,4,9-10H2,1-3H3,(H,28,29,30). The second-order valence-corrected chi connectivity index (χ2v) is 7.61. The summed E-state index contributed by atoms with van der Waals surface area (Å²) in [6.07, 6.45) is 2.00. The molecular formula is C25H24ClN3O6. The minimum Gasteiger partial charge on any atom is -0.497 e. The minimum atomic E-state index is -0.631. The molecule has 182 valence electrons. The number of rotatable bonds is 11. The van der Waals surface area contributed by atoms with Crippen LogP contribution in [0.2, 0.25) is 5.02 Å². The maximum atomic E-state index is 12.4. The number of nitriles is 1. The van der Waals surface area contributed by atoms with Crippen LogP contribution in [0, 0.1) is 18.3 Å². The molecule has 35 heavy (non-hydrogen) atoms. The number of aryl methyl sites for hydroxylation is 1. The molecule has 0 spiro atoms. The maximum Gasteiger partial charge on any atom is 0.267 e. The van der Waals surface area contributed by atoms with Gasteiger partial charge in [0, 0.05) is 12.5 Å². The van der Waals surface area contributed by atoms with Crippen LogP contribution in [0.1, 0.15) is 17.7 Å². The predicted molar refractivity (Wildman–Crippen MR) is 130 cm³/mol. The molecular weight excluding hydrogens is 474 g/mol. The molecule has 0 aliphatic heterocycles. The van der Waals surface area contributed by atoms with Crippen LogP contribution in [-0.4, -0.2) is 38.5 Å². The zero-order valence-corrected chi connectivity index (χ0v) is 20.2. The Labute approximate surface area is 207 Å². The zero-order valence-electron chi connectivity index (χ0n) is 19.5. The molecule has 0 aliphatic carbocycles. The summed E-state index contributed by atoms with van der Waals surface area (Å²) in [5, 5.41) is 15.9. The van der Waals surface area contributed by atoms with Gasteiger partial charge < -0.3 is 28.8 Å². The van der Waals surface area contributed by atoms with E-state index in [1.54, 1.807) is 32.2 Å². The van der Waals surface area contributed by atoms with E-state index < -0.39 is 5.91 Å². The number of ether oxygens (including phenoxy) is 4. The van der Waals surface area contributed by atoms with Crippen molar-refractivity contribution in [2.24, 2.45) is 0 Å². The van der Waals surface area contributed by atoms with Crippen LogP contribution in [0.5, 0.6) is 23.0 Å². The lowest BCUT2D eigenvalue weighted by Gasteiger charge is -2.14. The van der Waals surface area contributed by atoms with Crippen molar-refractivity contribution in [2.75, 3.05) is 32.8 Å². The van der Waals surface area contributed by atoms with Crippen LogP contribution in [0.3, 0.4) is 0 Å². The fourth-order valence-corrected chi connectivity index (χ4v) is 3.26. The number of nitrogens with zero attached hydrogens (tertiary/aromatic N) is 2. The average Bonchev–Trinajstić information content (AvgIpc) is 3.27. The Morgan fingerprint density at radius 3 is 2.46 bits per heavy atom. The lowest BCUT2D eigenvalue weighted by Crippen LogP contribution is -2.13. The van der Waals surface area contributed by atoms with E-state index in [2.05, 4.69) is 10.5 Å². The summed E-state index contributed by atoms with van der Waals surface area (Å²) in [5.74, 6) is 2.32. The second kappa shape index (κ2) is 12.3. The fraction of sp³-hybridized carbons (Fsp3) is 0.240. The first-order chi connectivity index (χ1) is 16.9. The third kappa shape index (κ3) is 7.16. The van der Waals surface area contributed by atoms with Crippen LogP contribution >= 0.6 is 11.6 Å². The van der Waals surface area contributed by atoms with E-state index in [0.717, 1.165) is 11.5 Å². The van der Waals surface area contributed by atoms with Crippen LogP contribution in [0.15, 0.2) is 52.6 Å². The van der Waals surface area contributed by atoms with Gasteiger partial charge in [-0.15, -0.1) is 0 Å². The van der Waals surface area contributed by atoms with Gasteiger partial charge in [-0.1, -0.05) is 16.8 Å². The molecule has 0 atom stereocenters. The molecule has 1 heterocycles. The third-order valence-electron chi connectivity index (χ3n) is 4.66. The van der Waals surface area contributed by atoms with Crippen LogP contribution < -0.4 is 24.3 Å². The number of hydrogen-bond acceptors (Lipinski definition) is 8. The number of hydrogen-bond donors (Lipinski definition) is 1. The van der Waals surface area contributed by atoms with E-state index in [9.17, 15) is 10.1 Å². The molecule has 0 saturated carbocycles. The molecule has 1 aromatic heterocycles. The Hall–Kier alpha value is -4.16. The van der Waals surface area contributed by atoms with Gasteiger partial charge in [-0.05, 0) is 55.0 Å². The summed E-state index contributed by atoms with van der Waals surface area (Å²) in [7, 11) is 3.08. The highest BCUT2D eigenvalue weighted by atomic mass is 35.5. The van der Waals surface area contributed by atoms with Crippen molar-refractivity contribution in [3.05, 3.63) is 64.4 Å². The number of methoxy groups -OCH3 is 2. The zero-order chi connectivity index (χ0) is 25.2. The molecule has 10 heteroatoms. The number of carbonyl (C=O) groups excluding carboxylic acids is 1. The molecule has 1 amide bonds. The number of halogens is 1. The van der Waals surface area contributed by atoms with E-state index >= 15 is 0 Å². The summed E-state index contributed by atoms with van der Waals surface area (Å²) in [4.78, 5) is 12.4. The third-order valence-corrected chi connectivity index (χ3v) is 4.94.